The number of carbonyl (C=O) groups is 1. The Balaban J connectivity index is 3.54. The van der Waals surface area contributed by atoms with Crippen LogP contribution in [0.25, 0.3) is 0 Å². The van der Waals surface area contributed by atoms with Crippen molar-refractivity contribution in [1.82, 2.24) is 4.98 Å². The molecule has 0 aromatic carbocycles. The van der Waals surface area contributed by atoms with Gasteiger partial charge in [-0.15, -0.1) is 0 Å². The molecule has 12 heavy (non-hydrogen) atoms. The fourth-order valence-corrected chi connectivity index (χ4v) is 1.45. The van der Waals surface area contributed by atoms with Gasteiger partial charge in [0.1, 0.15) is 0 Å². The number of aromatic nitrogens is 1. The van der Waals surface area contributed by atoms with Crippen LogP contribution < -0.4 is 5.56 Å². The fraction of sp³-hybridized carbons (Fsp3) is 0.143. The molecule has 64 valence electrons. The lowest BCUT2D eigenvalue weighted by atomic mass is 10.1. The van der Waals surface area contributed by atoms with Gasteiger partial charge in [-0.3, -0.25) is 4.79 Å². The summed E-state index contributed by atoms with van der Waals surface area (Å²) >= 11 is 3.03. The minimum atomic E-state index is -1.11. The van der Waals surface area contributed by atoms with E-state index in [0.29, 0.717) is 4.47 Å². The molecular formula is C7H6BrNO3. The van der Waals surface area contributed by atoms with Crippen molar-refractivity contribution in [2.24, 2.45) is 0 Å². The molecule has 0 aliphatic rings. The largest absolute Gasteiger partial charge is 0.478 e. The lowest BCUT2D eigenvalue weighted by Crippen LogP contribution is -2.15. The number of carboxylic acids is 1. The lowest BCUT2D eigenvalue weighted by molar-refractivity contribution is 0.0695. The highest BCUT2D eigenvalue weighted by Crippen LogP contribution is 2.15. The van der Waals surface area contributed by atoms with Crippen molar-refractivity contribution in [3.05, 3.63) is 32.2 Å². The molecule has 0 aliphatic carbocycles. The molecule has 2 N–H and O–H groups in total. The minimum absolute atomic E-state index is 0.0127. The third-order valence-corrected chi connectivity index (χ3v) is 2.12. The molecule has 1 heterocycles. The fourth-order valence-electron chi connectivity index (χ4n) is 0.865. The number of rotatable bonds is 1. The molecule has 1 rings (SSSR count). The van der Waals surface area contributed by atoms with Gasteiger partial charge >= 0.3 is 5.97 Å². The molecule has 1 aromatic rings. The van der Waals surface area contributed by atoms with Gasteiger partial charge in [-0.05, 0) is 22.9 Å². The van der Waals surface area contributed by atoms with Crippen molar-refractivity contribution in [3.8, 4) is 0 Å². The Hall–Kier alpha value is -1.10. The van der Waals surface area contributed by atoms with Crippen molar-refractivity contribution < 1.29 is 9.90 Å². The van der Waals surface area contributed by atoms with Crippen LogP contribution in [0.4, 0.5) is 0 Å². The Kier molecular flexibility index (Phi) is 2.32. The van der Waals surface area contributed by atoms with Gasteiger partial charge in [-0.1, -0.05) is 0 Å². The van der Waals surface area contributed by atoms with E-state index in [4.69, 9.17) is 5.11 Å². The van der Waals surface area contributed by atoms with E-state index < -0.39 is 5.97 Å². The summed E-state index contributed by atoms with van der Waals surface area (Å²) in [5, 5.41) is 8.69. The minimum Gasteiger partial charge on any atom is -0.478 e. The first-order valence-corrected chi connectivity index (χ1v) is 3.94. The summed E-state index contributed by atoms with van der Waals surface area (Å²) in [7, 11) is 0. The standard InChI is InChI=1S/C7H6BrNO3/c1-3-5(7(11)12)4(8)2-9-6(3)10/h2H,1H3,(H,9,10)(H,11,12). The second-order valence-corrected chi connectivity index (χ2v) is 3.13. The molecule has 0 atom stereocenters. The molecule has 0 bridgehead atoms. The number of hydrogen-bond donors (Lipinski definition) is 2. The highest BCUT2D eigenvalue weighted by Gasteiger charge is 2.13. The van der Waals surface area contributed by atoms with Crippen LogP contribution >= 0.6 is 15.9 Å². The summed E-state index contributed by atoms with van der Waals surface area (Å²) in [6.07, 6.45) is 1.32. The Morgan fingerprint density at radius 2 is 2.25 bits per heavy atom. The average molecular weight is 232 g/mol. The summed E-state index contributed by atoms with van der Waals surface area (Å²) in [5.74, 6) is -1.11. The molecule has 5 heteroatoms. The first kappa shape index (κ1) is 8.99. The average Bonchev–Trinajstić information content (AvgIpc) is 1.97. The van der Waals surface area contributed by atoms with Crippen molar-refractivity contribution in [2.75, 3.05) is 0 Å². The Morgan fingerprint density at radius 1 is 1.67 bits per heavy atom. The third-order valence-electron chi connectivity index (χ3n) is 1.50. The summed E-state index contributed by atoms with van der Waals surface area (Å²) < 4.78 is 0.382. The summed E-state index contributed by atoms with van der Waals surface area (Å²) in [5.41, 5.74) is -0.161. The monoisotopic (exact) mass is 231 g/mol. The summed E-state index contributed by atoms with van der Waals surface area (Å²) in [4.78, 5) is 24.0. The molecule has 0 saturated heterocycles. The van der Waals surface area contributed by atoms with E-state index in [1.807, 2.05) is 0 Å². The number of aromatic amines is 1. The van der Waals surface area contributed by atoms with Gasteiger partial charge in [0.2, 0.25) is 0 Å². The van der Waals surface area contributed by atoms with Gasteiger partial charge in [-0.2, -0.15) is 0 Å². The van der Waals surface area contributed by atoms with E-state index in [1.54, 1.807) is 0 Å². The highest BCUT2D eigenvalue weighted by molar-refractivity contribution is 9.10. The van der Waals surface area contributed by atoms with Gasteiger partial charge in [0.05, 0.1) is 5.56 Å². The zero-order chi connectivity index (χ0) is 9.30. The van der Waals surface area contributed by atoms with Gasteiger partial charge in [0.25, 0.3) is 5.56 Å². The maximum absolute atomic E-state index is 11.0. The molecule has 0 unspecified atom stereocenters. The maximum Gasteiger partial charge on any atom is 0.337 e. The second kappa shape index (κ2) is 3.10. The molecule has 0 fully saturated rings. The molecule has 0 spiro atoms. The SMILES string of the molecule is Cc1c(C(=O)O)c(Br)c[nH]c1=O. The van der Waals surface area contributed by atoms with E-state index in [-0.39, 0.29) is 16.7 Å². The van der Waals surface area contributed by atoms with Gasteiger partial charge in [0.15, 0.2) is 0 Å². The van der Waals surface area contributed by atoms with Crippen molar-refractivity contribution >= 4 is 21.9 Å². The molecule has 4 nitrogen and oxygen atoms in total. The molecule has 1 aromatic heterocycles. The number of carboxylic acid groups (broad SMARTS) is 1. The van der Waals surface area contributed by atoms with Crippen LogP contribution in [0.1, 0.15) is 15.9 Å². The van der Waals surface area contributed by atoms with Crippen LogP contribution in [-0.4, -0.2) is 16.1 Å². The third kappa shape index (κ3) is 1.40. The first-order chi connectivity index (χ1) is 5.54. The van der Waals surface area contributed by atoms with E-state index >= 15 is 0 Å². The van der Waals surface area contributed by atoms with E-state index in [1.165, 1.54) is 13.1 Å². The zero-order valence-electron chi connectivity index (χ0n) is 6.22. The van der Waals surface area contributed by atoms with Gasteiger partial charge in [-0.25, -0.2) is 4.79 Å². The number of pyridine rings is 1. The van der Waals surface area contributed by atoms with Gasteiger partial charge in [0, 0.05) is 16.2 Å². The number of nitrogens with one attached hydrogen (secondary N) is 1. The molecular weight excluding hydrogens is 226 g/mol. The predicted octanol–water partition coefficient (Wildman–Crippen LogP) is 1.14. The van der Waals surface area contributed by atoms with E-state index in [9.17, 15) is 9.59 Å². The Labute approximate surface area is 76.4 Å². The quantitative estimate of drug-likeness (QED) is 0.762. The summed E-state index contributed by atoms with van der Waals surface area (Å²) in [6, 6.07) is 0. The number of halogens is 1. The molecule has 0 aliphatic heterocycles. The van der Waals surface area contributed by atoms with Crippen molar-refractivity contribution in [3.63, 3.8) is 0 Å². The zero-order valence-corrected chi connectivity index (χ0v) is 7.81. The lowest BCUT2D eigenvalue weighted by Gasteiger charge is -2.00. The number of aromatic carboxylic acids is 1. The van der Waals surface area contributed by atoms with Crippen LogP contribution in [0.15, 0.2) is 15.5 Å². The molecule has 0 radical (unpaired) electrons. The van der Waals surface area contributed by atoms with Gasteiger partial charge < -0.3 is 10.1 Å². The Morgan fingerprint density at radius 3 is 2.67 bits per heavy atom. The van der Waals surface area contributed by atoms with Crippen LogP contribution in [0.5, 0.6) is 0 Å². The van der Waals surface area contributed by atoms with Crippen LogP contribution in [0.2, 0.25) is 0 Å². The maximum atomic E-state index is 11.0. The van der Waals surface area contributed by atoms with E-state index in [0.717, 1.165) is 0 Å². The first-order valence-electron chi connectivity index (χ1n) is 3.15. The Bertz CT molecular complexity index is 383. The van der Waals surface area contributed by atoms with Crippen LogP contribution in [-0.2, 0) is 0 Å². The topological polar surface area (TPSA) is 70.2 Å². The molecule has 0 amide bonds. The second-order valence-electron chi connectivity index (χ2n) is 2.27. The normalized spacial score (nSPS) is 9.83. The number of hydrogen-bond acceptors (Lipinski definition) is 2. The summed E-state index contributed by atoms with van der Waals surface area (Å²) in [6.45, 7) is 1.47. The van der Waals surface area contributed by atoms with Crippen LogP contribution in [0, 0.1) is 6.92 Å². The van der Waals surface area contributed by atoms with Crippen molar-refractivity contribution in [1.29, 1.82) is 0 Å². The van der Waals surface area contributed by atoms with Crippen LogP contribution in [0.3, 0.4) is 0 Å². The van der Waals surface area contributed by atoms with Crippen molar-refractivity contribution in [2.45, 2.75) is 6.92 Å². The van der Waals surface area contributed by atoms with E-state index in [2.05, 4.69) is 20.9 Å². The number of H-pyrrole nitrogens is 1. The predicted molar refractivity (Wildman–Crippen MR) is 46.5 cm³/mol. The molecule has 0 saturated carbocycles. The highest BCUT2D eigenvalue weighted by atomic mass is 79.9. The smallest absolute Gasteiger partial charge is 0.337 e.